The van der Waals surface area contributed by atoms with Crippen LogP contribution in [-0.2, 0) is 5.41 Å². The van der Waals surface area contributed by atoms with Gasteiger partial charge >= 0.3 is 0 Å². The van der Waals surface area contributed by atoms with Gasteiger partial charge in [0.15, 0.2) is 0 Å². The van der Waals surface area contributed by atoms with E-state index in [0.717, 1.165) is 19.0 Å². The number of hydrogen-bond acceptors (Lipinski definition) is 5. The van der Waals surface area contributed by atoms with E-state index in [1.165, 1.54) is 12.1 Å². The predicted molar refractivity (Wildman–Crippen MR) is 68.8 cm³/mol. The normalized spacial score (nSPS) is 11.8. The Hall–Kier alpha value is -1.82. The van der Waals surface area contributed by atoms with Crippen molar-refractivity contribution in [1.29, 1.82) is 0 Å². The van der Waals surface area contributed by atoms with Gasteiger partial charge in [-0.25, -0.2) is 9.37 Å². The third-order valence-corrected chi connectivity index (χ3v) is 3.58. The maximum absolute atomic E-state index is 12.8. The molecular weight excluding hydrogens is 247 g/mol. The number of aromatic nitrogens is 3. The van der Waals surface area contributed by atoms with Crippen LogP contribution in [0.25, 0.3) is 11.5 Å². The highest BCUT2D eigenvalue weighted by Gasteiger charge is 2.33. The summed E-state index contributed by atoms with van der Waals surface area (Å²) in [4.78, 5) is 8.28. The molecule has 0 unspecified atom stereocenters. The molecule has 2 aromatic rings. The Kier molecular flexibility index (Phi) is 3.90. The maximum atomic E-state index is 12.8. The first kappa shape index (κ1) is 13.6. The van der Waals surface area contributed by atoms with E-state index in [1.54, 1.807) is 0 Å². The molecule has 2 rings (SSSR count). The SMILES string of the molecule is CCC(CC)(CN)c1nc(-c2ccc(F)cn2)no1. The molecule has 0 bridgehead atoms. The largest absolute Gasteiger partial charge is 0.338 e. The van der Waals surface area contributed by atoms with Gasteiger partial charge in [-0.15, -0.1) is 0 Å². The van der Waals surface area contributed by atoms with E-state index >= 15 is 0 Å². The molecule has 0 amide bonds. The van der Waals surface area contributed by atoms with Crippen molar-refractivity contribution < 1.29 is 8.91 Å². The molecule has 0 aliphatic rings. The lowest BCUT2D eigenvalue weighted by atomic mass is 9.82. The van der Waals surface area contributed by atoms with E-state index in [-0.39, 0.29) is 5.41 Å². The second kappa shape index (κ2) is 5.44. The maximum Gasteiger partial charge on any atom is 0.234 e. The Labute approximate surface area is 111 Å². The van der Waals surface area contributed by atoms with Crippen LogP contribution >= 0.6 is 0 Å². The first-order valence-electron chi connectivity index (χ1n) is 6.31. The molecule has 19 heavy (non-hydrogen) atoms. The summed E-state index contributed by atoms with van der Waals surface area (Å²) in [5, 5.41) is 3.90. The molecule has 0 aliphatic heterocycles. The Morgan fingerprint density at radius 3 is 2.58 bits per heavy atom. The Bertz CT molecular complexity index is 526. The molecule has 0 aliphatic carbocycles. The molecule has 2 heterocycles. The van der Waals surface area contributed by atoms with Crippen LogP contribution in [0.15, 0.2) is 22.9 Å². The van der Waals surface area contributed by atoms with Crippen molar-refractivity contribution in [2.75, 3.05) is 6.54 Å². The standard InChI is InChI=1S/C13H17FN4O/c1-3-13(4-2,8-15)12-17-11(18-19-12)10-6-5-9(14)7-16-10/h5-7H,3-4,8,15H2,1-2H3. The van der Waals surface area contributed by atoms with Gasteiger partial charge in [-0.05, 0) is 25.0 Å². The first-order valence-corrected chi connectivity index (χ1v) is 6.31. The quantitative estimate of drug-likeness (QED) is 0.896. The number of nitrogens with zero attached hydrogens (tertiary/aromatic N) is 3. The van der Waals surface area contributed by atoms with Crippen molar-refractivity contribution >= 4 is 0 Å². The summed E-state index contributed by atoms with van der Waals surface area (Å²) in [5.74, 6) is 0.474. The summed E-state index contributed by atoms with van der Waals surface area (Å²) in [6, 6.07) is 2.83. The minimum Gasteiger partial charge on any atom is -0.338 e. The minimum atomic E-state index is -0.397. The van der Waals surface area contributed by atoms with Crippen molar-refractivity contribution in [1.82, 2.24) is 15.1 Å². The van der Waals surface area contributed by atoms with Crippen LogP contribution < -0.4 is 5.73 Å². The molecule has 0 spiro atoms. The summed E-state index contributed by atoms with van der Waals surface area (Å²) in [7, 11) is 0. The zero-order valence-electron chi connectivity index (χ0n) is 11.1. The lowest BCUT2D eigenvalue weighted by Crippen LogP contribution is -2.34. The number of hydrogen-bond donors (Lipinski definition) is 1. The lowest BCUT2D eigenvalue weighted by Gasteiger charge is -2.24. The van der Waals surface area contributed by atoms with E-state index in [9.17, 15) is 4.39 Å². The van der Waals surface area contributed by atoms with Crippen molar-refractivity contribution in [3.63, 3.8) is 0 Å². The molecule has 2 N–H and O–H groups in total. The summed E-state index contributed by atoms with van der Waals surface area (Å²) < 4.78 is 18.1. The Morgan fingerprint density at radius 2 is 2.05 bits per heavy atom. The average Bonchev–Trinajstić information content (AvgIpc) is 2.93. The fourth-order valence-corrected chi connectivity index (χ4v) is 1.98. The fourth-order valence-electron chi connectivity index (χ4n) is 1.98. The second-order valence-corrected chi connectivity index (χ2v) is 4.48. The van der Waals surface area contributed by atoms with Gasteiger partial charge < -0.3 is 10.3 Å². The zero-order chi connectivity index (χ0) is 13.9. The molecular formula is C13H17FN4O. The number of pyridine rings is 1. The van der Waals surface area contributed by atoms with E-state index in [4.69, 9.17) is 10.3 Å². The van der Waals surface area contributed by atoms with Gasteiger partial charge in [-0.3, -0.25) is 0 Å². The molecule has 0 atom stereocenters. The second-order valence-electron chi connectivity index (χ2n) is 4.48. The van der Waals surface area contributed by atoms with Gasteiger partial charge in [0.05, 0.1) is 11.6 Å². The average molecular weight is 264 g/mol. The molecule has 0 radical (unpaired) electrons. The number of rotatable bonds is 5. The summed E-state index contributed by atoms with van der Waals surface area (Å²) in [5.41, 5.74) is 6.02. The predicted octanol–water partition coefficient (Wildman–Crippen LogP) is 2.29. The topological polar surface area (TPSA) is 77.8 Å². The third kappa shape index (κ3) is 2.49. The minimum absolute atomic E-state index is 0.300. The first-order chi connectivity index (χ1) is 9.15. The number of nitrogens with two attached hydrogens (primary N) is 1. The van der Waals surface area contributed by atoms with Crippen molar-refractivity contribution in [2.45, 2.75) is 32.1 Å². The van der Waals surface area contributed by atoms with Crippen LogP contribution in [0.2, 0.25) is 0 Å². The molecule has 6 heteroatoms. The zero-order valence-corrected chi connectivity index (χ0v) is 11.1. The molecule has 102 valence electrons. The molecule has 2 aromatic heterocycles. The molecule has 5 nitrogen and oxygen atoms in total. The summed E-state index contributed by atoms with van der Waals surface area (Å²) >= 11 is 0. The third-order valence-electron chi connectivity index (χ3n) is 3.58. The molecule has 0 saturated carbocycles. The molecule has 0 aromatic carbocycles. The lowest BCUT2D eigenvalue weighted by molar-refractivity contribution is 0.267. The van der Waals surface area contributed by atoms with Gasteiger partial charge in [0.2, 0.25) is 11.7 Å². The van der Waals surface area contributed by atoms with Crippen molar-refractivity contribution in [2.24, 2.45) is 5.73 Å². The van der Waals surface area contributed by atoms with Crippen LogP contribution in [0.4, 0.5) is 4.39 Å². The molecule has 0 saturated heterocycles. The van der Waals surface area contributed by atoms with E-state index < -0.39 is 5.82 Å². The fraction of sp³-hybridized carbons (Fsp3) is 0.462. The van der Waals surface area contributed by atoms with Crippen LogP contribution in [0, 0.1) is 5.82 Å². The van der Waals surface area contributed by atoms with Crippen molar-refractivity contribution in [3.05, 3.63) is 30.0 Å². The van der Waals surface area contributed by atoms with Gasteiger partial charge in [0.1, 0.15) is 11.5 Å². The van der Waals surface area contributed by atoms with Crippen LogP contribution in [0.3, 0.4) is 0 Å². The van der Waals surface area contributed by atoms with Crippen LogP contribution in [0.1, 0.15) is 32.6 Å². The van der Waals surface area contributed by atoms with E-state index in [2.05, 4.69) is 15.1 Å². The highest BCUT2D eigenvalue weighted by atomic mass is 19.1. The van der Waals surface area contributed by atoms with Crippen LogP contribution in [0.5, 0.6) is 0 Å². The monoisotopic (exact) mass is 264 g/mol. The highest BCUT2D eigenvalue weighted by molar-refractivity contribution is 5.47. The summed E-state index contributed by atoms with van der Waals surface area (Å²) in [6.45, 7) is 4.52. The van der Waals surface area contributed by atoms with E-state index in [0.29, 0.717) is 24.0 Å². The van der Waals surface area contributed by atoms with Crippen LogP contribution in [-0.4, -0.2) is 21.7 Å². The van der Waals surface area contributed by atoms with Gasteiger partial charge in [-0.1, -0.05) is 19.0 Å². The smallest absolute Gasteiger partial charge is 0.234 e. The van der Waals surface area contributed by atoms with Gasteiger partial charge in [0.25, 0.3) is 0 Å². The molecule has 0 fully saturated rings. The number of halogens is 1. The van der Waals surface area contributed by atoms with E-state index in [1.807, 2.05) is 13.8 Å². The van der Waals surface area contributed by atoms with Crippen molar-refractivity contribution in [3.8, 4) is 11.5 Å². The Morgan fingerprint density at radius 1 is 1.32 bits per heavy atom. The highest BCUT2D eigenvalue weighted by Crippen LogP contribution is 2.30. The summed E-state index contributed by atoms with van der Waals surface area (Å²) in [6.07, 6.45) is 2.76. The van der Waals surface area contributed by atoms with Gasteiger partial charge in [0, 0.05) is 6.54 Å². The Balaban J connectivity index is 2.35. The van der Waals surface area contributed by atoms with Gasteiger partial charge in [-0.2, -0.15) is 4.98 Å².